The zero-order valence-electron chi connectivity index (χ0n) is 15.2. The fourth-order valence-corrected chi connectivity index (χ4v) is 3.35. The van der Waals surface area contributed by atoms with Crippen molar-refractivity contribution in [1.82, 2.24) is 4.90 Å². The molecule has 1 atom stereocenters. The van der Waals surface area contributed by atoms with Crippen molar-refractivity contribution in [3.63, 3.8) is 0 Å². The second-order valence-electron chi connectivity index (χ2n) is 6.83. The van der Waals surface area contributed by atoms with Gasteiger partial charge < -0.3 is 19.3 Å². The summed E-state index contributed by atoms with van der Waals surface area (Å²) in [6, 6.07) is 9.12. The predicted octanol–water partition coefficient (Wildman–Crippen LogP) is 1.89. The van der Waals surface area contributed by atoms with E-state index in [0.29, 0.717) is 22.9 Å². The number of quaternary nitrogens is 1. The van der Waals surface area contributed by atoms with Crippen LogP contribution in [-0.2, 0) is 9.59 Å². The predicted molar refractivity (Wildman–Crippen MR) is 101 cm³/mol. The fourth-order valence-electron chi connectivity index (χ4n) is 3.22. The Morgan fingerprint density at radius 1 is 1.22 bits per heavy atom. The van der Waals surface area contributed by atoms with Gasteiger partial charge >= 0.3 is 0 Å². The molecule has 2 N–H and O–H groups in total. The molecule has 142 valence electrons. The average molecular weight is 390 g/mol. The number of carbonyl (C=O) groups excluding carboxylic acids is 2. The van der Waals surface area contributed by atoms with Crippen LogP contribution in [0.25, 0.3) is 5.76 Å². The van der Waals surface area contributed by atoms with Crippen LogP contribution in [0, 0.1) is 0 Å². The van der Waals surface area contributed by atoms with Gasteiger partial charge in [0.2, 0.25) is 0 Å². The Hall–Kier alpha value is -2.57. The molecule has 27 heavy (non-hydrogen) atoms. The zero-order valence-corrected chi connectivity index (χ0v) is 16.0. The Morgan fingerprint density at radius 2 is 1.93 bits per heavy atom. The van der Waals surface area contributed by atoms with Crippen LogP contribution in [0.4, 0.5) is 0 Å². The third-order valence-corrected chi connectivity index (χ3v) is 4.80. The van der Waals surface area contributed by atoms with Gasteiger partial charge in [0.1, 0.15) is 17.6 Å². The number of rotatable bonds is 6. The molecule has 2 aromatic rings. The molecule has 0 radical (unpaired) electrons. The minimum Gasteiger partial charge on any atom is -0.507 e. The molecule has 1 aromatic heterocycles. The molecule has 0 unspecified atom stereocenters. The smallest absolute Gasteiger partial charge is 0.295 e. The highest BCUT2D eigenvalue weighted by Gasteiger charge is 2.47. The summed E-state index contributed by atoms with van der Waals surface area (Å²) in [5.74, 6) is -1.12. The number of nitrogens with zero attached hydrogens (tertiary/aromatic N) is 1. The molecule has 0 saturated carbocycles. The van der Waals surface area contributed by atoms with E-state index in [1.807, 2.05) is 14.1 Å². The Morgan fingerprint density at radius 3 is 2.52 bits per heavy atom. The van der Waals surface area contributed by atoms with Crippen molar-refractivity contribution in [2.45, 2.75) is 12.5 Å². The molecule has 2 heterocycles. The molecule has 3 rings (SSSR count). The van der Waals surface area contributed by atoms with Gasteiger partial charge in [-0.25, -0.2) is 0 Å². The maximum absolute atomic E-state index is 12.7. The maximum atomic E-state index is 12.7. The molecule has 0 aliphatic carbocycles. The number of furan rings is 1. The lowest BCUT2D eigenvalue weighted by Gasteiger charge is -2.23. The van der Waals surface area contributed by atoms with E-state index in [-0.39, 0.29) is 11.3 Å². The second-order valence-corrected chi connectivity index (χ2v) is 7.26. The lowest BCUT2D eigenvalue weighted by molar-refractivity contribution is -0.858. The number of amides is 1. The first-order valence-electron chi connectivity index (χ1n) is 8.77. The van der Waals surface area contributed by atoms with Gasteiger partial charge in [-0.2, -0.15) is 0 Å². The van der Waals surface area contributed by atoms with Gasteiger partial charge in [0.05, 0.1) is 32.5 Å². The maximum Gasteiger partial charge on any atom is 0.295 e. The third-order valence-electron chi connectivity index (χ3n) is 4.55. The summed E-state index contributed by atoms with van der Waals surface area (Å²) >= 11 is 5.90. The summed E-state index contributed by atoms with van der Waals surface area (Å²) in [6.45, 7) is 1.25. The number of benzene rings is 1. The fraction of sp³-hybridized carbons (Fsp3) is 0.300. The molecule has 0 spiro atoms. The van der Waals surface area contributed by atoms with Crippen molar-refractivity contribution in [1.29, 1.82) is 0 Å². The number of ketones is 1. The monoisotopic (exact) mass is 389 g/mol. The molecule has 1 aromatic carbocycles. The van der Waals surface area contributed by atoms with Crippen LogP contribution in [-0.4, -0.2) is 48.9 Å². The van der Waals surface area contributed by atoms with E-state index in [4.69, 9.17) is 16.0 Å². The number of hydrogen-bond acceptors (Lipinski definition) is 4. The van der Waals surface area contributed by atoms with Crippen LogP contribution < -0.4 is 4.90 Å². The van der Waals surface area contributed by atoms with Gasteiger partial charge in [-0.15, -0.1) is 0 Å². The summed E-state index contributed by atoms with van der Waals surface area (Å²) in [5.41, 5.74) is 0.459. The van der Waals surface area contributed by atoms with Gasteiger partial charge in [-0.3, -0.25) is 9.59 Å². The summed E-state index contributed by atoms with van der Waals surface area (Å²) < 4.78 is 5.49. The highest BCUT2D eigenvalue weighted by Crippen LogP contribution is 2.39. The summed E-state index contributed by atoms with van der Waals surface area (Å²) in [5, 5.41) is 11.3. The Balaban J connectivity index is 2.03. The van der Waals surface area contributed by atoms with Gasteiger partial charge in [-0.05, 0) is 36.4 Å². The Bertz CT molecular complexity index is 857. The van der Waals surface area contributed by atoms with Crippen LogP contribution in [0.15, 0.2) is 52.7 Å². The molecule has 1 fully saturated rings. The Labute approximate surface area is 162 Å². The number of Topliss-reactive ketones (excluding diaryl/α,β-unsaturated/α-hetero) is 1. The molecule has 1 aliphatic rings. The molecular formula is C20H22ClN2O4+. The molecule has 1 saturated heterocycles. The van der Waals surface area contributed by atoms with Gasteiger partial charge in [0.25, 0.3) is 11.7 Å². The number of likely N-dealkylation sites (tertiary alicyclic amines) is 1. The normalized spacial score (nSPS) is 19.3. The van der Waals surface area contributed by atoms with E-state index in [2.05, 4.69) is 0 Å². The first kappa shape index (κ1) is 19.2. The molecule has 1 aliphatic heterocycles. The van der Waals surface area contributed by atoms with Crippen LogP contribution in [0.2, 0.25) is 5.02 Å². The minimum absolute atomic E-state index is 0.0365. The third kappa shape index (κ3) is 3.91. The van der Waals surface area contributed by atoms with E-state index < -0.39 is 17.7 Å². The number of nitrogens with one attached hydrogen (secondary N) is 1. The lowest BCUT2D eigenvalue weighted by Crippen LogP contribution is -3.05. The first-order chi connectivity index (χ1) is 12.9. The molecular weight excluding hydrogens is 368 g/mol. The van der Waals surface area contributed by atoms with Crippen molar-refractivity contribution in [3.05, 3.63) is 64.6 Å². The number of aliphatic hydroxyl groups is 1. The van der Waals surface area contributed by atoms with Crippen molar-refractivity contribution in [3.8, 4) is 0 Å². The minimum atomic E-state index is -0.743. The SMILES string of the molecule is C[NH+](C)CCCN1C(=O)C(=O)C(=C(O)c2ccc(Cl)cc2)[C@@H]1c1ccco1. The number of halogens is 1. The van der Waals surface area contributed by atoms with E-state index in [1.54, 1.807) is 36.4 Å². The van der Waals surface area contributed by atoms with E-state index >= 15 is 0 Å². The summed E-state index contributed by atoms with van der Waals surface area (Å²) in [6.07, 6.45) is 2.22. The molecule has 7 heteroatoms. The lowest BCUT2D eigenvalue weighted by atomic mass is 9.99. The number of aliphatic hydroxyl groups excluding tert-OH is 1. The molecule has 1 amide bonds. The zero-order chi connectivity index (χ0) is 19.6. The van der Waals surface area contributed by atoms with E-state index in [9.17, 15) is 14.7 Å². The van der Waals surface area contributed by atoms with Gasteiger partial charge in [-0.1, -0.05) is 11.6 Å². The van der Waals surface area contributed by atoms with Gasteiger partial charge in [0.15, 0.2) is 0 Å². The summed E-state index contributed by atoms with van der Waals surface area (Å²) in [4.78, 5) is 28.1. The van der Waals surface area contributed by atoms with Crippen LogP contribution >= 0.6 is 11.6 Å². The highest BCUT2D eigenvalue weighted by atomic mass is 35.5. The van der Waals surface area contributed by atoms with Crippen LogP contribution in [0.1, 0.15) is 23.8 Å². The molecule has 6 nitrogen and oxygen atoms in total. The molecule has 0 bridgehead atoms. The van der Waals surface area contributed by atoms with Crippen LogP contribution in [0.3, 0.4) is 0 Å². The van der Waals surface area contributed by atoms with Crippen molar-refractivity contribution in [2.75, 3.05) is 27.2 Å². The van der Waals surface area contributed by atoms with Crippen molar-refractivity contribution < 1.29 is 24.0 Å². The number of hydrogen-bond donors (Lipinski definition) is 2. The summed E-state index contributed by atoms with van der Waals surface area (Å²) in [7, 11) is 4.05. The van der Waals surface area contributed by atoms with Crippen LogP contribution in [0.5, 0.6) is 0 Å². The van der Waals surface area contributed by atoms with Gasteiger partial charge in [0, 0.05) is 23.6 Å². The quantitative estimate of drug-likeness (QED) is 0.449. The number of carbonyl (C=O) groups is 2. The van der Waals surface area contributed by atoms with Crippen molar-refractivity contribution >= 4 is 29.1 Å². The van der Waals surface area contributed by atoms with Crippen molar-refractivity contribution in [2.24, 2.45) is 0 Å². The first-order valence-corrected chi connectivity index (χ1v) is 9.14. The highest BCUT2D eigenvalue weighted by molar-refractivity contribution is 6.46. The average Bonchev–Trinajstić information content (AvgIpc) is 3.24. The van der Waals surface area contributed by atoms with E-state index in [0.717, 1.165) is 13.0 Å². The standard InChI is InChI=1S/C20H21ClN2O4/c1-22(2)10-4-11-23-17(15-5-3-12-27-15)16(19(25)20(23)26)18(24)13-6-8-14(21)9-7-13/h3,5-9,12,17,24H,4,10-11H2,1-2H3/p+1/t17-/m0/s1. The largest absolute Gasteiger partial charge is 0.507 e. The Kier molecular flexibility index (Phi) is 5.68. The van der Waals surface area contributed by atoms with E-state index in [1.165, 1.54) is 16.1 Å². The topological polar surface area (TPSA) is 75.2 Å². The second kappa shape index (κ2) is 7.98.